The van der Waals surface area contributed by atoms with Gasteiger partial charge in [0.1, 0.15) is 0 Å². The Morgan fingerprint density at radius 2 is 2.14 bits per heavy atom. The van der Waals surface area contributed by atoms with E-state index >= 15 is 0 Å². The molecule has 2 N–H and O–H groups in total. The number of hydrogen-bond acceptors (Lipinski definition) is 3. The molecule has 1 aromatic rings. The molecule has 0 aromatic heterocycles. The summed E-state index contributed by atoms with van der Waals surface area (Å²) in [4.78, 5) is 14.8. The number of anilines is 1. The second kappa shape index (κ2) is 7.05. The van der Waals surface area contributed by atoms with E-state index in [-0.39, 0.29) is 11.9 Å². The molecule has 0 radical (unpaired) electrons. The Morgan fingerprint density at radius 1 is 1.38 bits per heavy atom. The zero-order valence-corrected chi connectivity index (χ0v) is 13.6. The highest BCUT2D eigenvalue weighted by atomic mass is 16.2. The fourth-order valence-corrected chi connectivity index (χ4v) is 2.87. The summed E-state index contributed by atoms with van der Waals surface area (Å²) >= 11 is 0. The van der Waals surface area contributed by atoms with Gasteiger partial charge in [-0.05, 0) is 64.4 Å². The number of rotatable bonds is 4. The normalized spacial score (nSPS) is 21.0. The van der Waals surface area contributed by atoms with Crippen LogP contribution in [-0.2, 0) is 4.79 Å². The van der Waals surface area contributed by atoms with Crippen LogP contribution in [0, 0.1) is 13.8 Å². The van der Waals surface area contributed by atoms with Crippen molar-refractivity contribution in [3.8, 4) is 0 Å². The fraction of sp³-hybridized carbons (Fsp3) is 0.588. The van der Waals surface area contributed by atoms with Crippen LogP contribution in [0.25, 0.3) is 0 Å². The van der Waals surface area contributed by atoms with Gasteiger partial charge in [-0.2, -0.15) is 0 Å². The molecule has 1 heterocycles. The van der Waals surface area contributed by atoms with E-state index in [0.717, 1.165) is 36.3 Å². The van der Waals surface area contributed by atoms with E-state index in [1.807, 2.05) is 40.0 Å². The van der Waals surface area contributed by atoms with Crippen molar-refractivity contribution in [2.45, 2.75) is 45.7 Å². The van der Waals surface area contributed by atoms with E-state index < -0.39 is 0 Å². The number of nitrogens with zero attached hydrogens (tertiary/aromatic N) is 1. The standard InChI is InChI=1S/C17H27N3O/c1-12-7-8-13(2)16(10-12)19-17(21)14(3)20-9-5-6-15(11-20)18-4/h7-8,10,14-15,18H,5-6,9,11H2,1-4H3,(H,19,21). The molecular formula is C17H27N3O. The van der Waals surface area contributed by atoms with Crippen molar-refractivity contribution in [3.05, 3.63) is 29.3 Å². The minimum atomic E-state index is -0.0962. The average molecular weight is 289 g/mol. The molecule has 4 heteroatoms. The molecule has 1 amide bonds. The summed E-state index contributed by atoms with van der Waals surface area (Å²) in [5, 5.41) is 6.40. The molecule has 0 saturated carbocycles. The molecule has 21 heavy (non-hydrogen) atoms. The summed E-state index contributed by atoms with van der Waals surface area (Å²) in [5.74, 6) is 0.0838. The lowest BCUT2D eigenvalue weighted by molar-refractivity contribution is -0.121. The highest BCUT2D eigenvalue weighted by Crippen LogP contribution is 2.18. The molecular weight excluding hydrogens is 262 g/mol. The Hall–Kier alpha value is -1.39. The lowest BCUT2D eigenvalue weighted by atomic mass is 10.0. The molecule has 1 saturated heterocycles. The number of aryl methyl sites for hydroxylation is 2. The lowest BCUT2D eigenvalue weighted by Crippen LogP contribution is -2.51. The minimum absolute atomic E-state index is 0.0838. The Balaban J connectivity index is 2.00. The summed E-state index contributed by atoms with van der Waals surface area (Å²) in [5.41, 5.74) is 3.19. The quantitative estimate of drug-likeness (QED) is 0.894. The third kappa shape index (κ3) is 4.05. The van der Waals surface area contributed by atoms with E-state index in [1.54, 1.807) is 0 Å². The van der Waals surface area contributed by atoms with Crippen LogP contribution in [0.5, 0.6) is 0 Å². The van der Waals surface area contributed by atoms with Crippen LogP contribution in [-0.4, -0.2) is 43.0 Å². The van der Waals surface area contributed by atoms with Crippen LogP contribution in [0.15, 0.2) is 18.2 Å². The predicted octanol–water partition coefficient (Wildman–Crippen LogP) is 2.31. The number of likely N-dealkylation sites (tertiary alicyclic amines) is 1. The summed E-state index contributed by atoms with van der Waals surface area (Å²) in [6.45, 7) is 8.01. The van der Waals surface area contributed by atoms with E-state index in [9.17, 15) is 4.79 Å². The monoisotopic (exact) mass is 289 g/mol. The van der Waals surface area contributed by atoms with Crippen molar-refractivity contribution in [3.63, 3.8) is 0 Å². The Bertz CT molecular complexity index is 501. The smallest absolute Gasteiger partial charge is 0.241 e. The highest BCUT2D eigenvalue weighted by molar-refractivity contribution is 5.95. The van der Waals surface area contributed by atoms with Gasteiger partial charge >= 0.3 is 0 Å². The highest BCUT2D eigenvalue weighted by Gasteiger charge is 2.26. The molecule has 2 rings (SSSR count). The molecule has 4 nitrogen and oxygen atoms in total. The van der Waals surface area contributed by atoms with Crippen molar-refractivity contribution < 1.29 is 4.79 Å². The minimum Gasteiger partial charge on any atom is -0.324 e. The van der Waals surface area contributed by atoms with E-state index in [4.69, 9.17) is 0 Å². The van der Waals surface area contributed by atoms with Crippen LogP contribution in [0.3, 0.4) is 0 Å². The molecule has 0 spiro atoms. The number of amides is 1. The maximum absolute atomic E-state index is 12.5. The first-order chi connectivity index (χ1) is 10.0. The summed E-state index contributed by atoms with van der Waals surface area (Å²) in [6.07, 6.45) is 2.34. The number of piperidine rings is 1. The summed E-state index contributed by atoms with van der Waals surface area (Å²) < 4.78 is 0. The molecule has 2 atom stereocenters. The third-order valence-electron chi connectivity index (χ3n) is 4.44. The first-order valence-corrected chi connectivity index (χ1v) is 7.80. The number of carbonyl (C=O) groups is 1. The topological polar surface area (TPSA) is 44.4 Å². The Kier molecular flexibility index (Phi) is 5.37. The first kappa shape index (κ1) is 16.0. The second-order valence-corrected chi connectivity index (χ2v) is 6.11. The first-order valence-electron chi connectivity index (χ1n) is 7.80. The van der Waals surface area contributed by atoms with Crippen LogP contribution in [0.2, 0.25) is 0 Å². The van der Waals surface area contributed by atoms with Gasteiger partial charge in [-0.1, -0.05) is 12.1 Å². The molecule has 1 aliphatic heterocycles. The van der Waals surface area contributed by atoms with Gasteiger partial charge in [-0.3, -0.25) is 9.69 Å². The molecule has 2 unspecified atom stereocenters. The Morgan fingerprint density at radius 3 is 2.86 bits per heavy atom. The SMILES string of the molecule is CNC1CCCN(C(C)C(=O)Nc2cc(C)ccc2C)C1. The molecule has 0 bridgehead atoms. The van der Waals surface area contributed by atoms with Crippen LogP contribution in [0.4, 0.5) is 5.69 Å². The lowest BCUT2D eigenvalue weighted by Gasteiger charge is -2.36. The maximum Gasteiger partial charge on any atom is 0.241 e. The number of hydrogen-bond donors (Lipinski definition) is 2. The van der Waals surface area contributed by atoms with Crippen molar-refractivity contribution in [1.82, 2.24) is 10.2 Å². The largest absolute Gasteiger partial charge is 0.324 e. The van der Waals surface area contributed by atoms with Gasteiger partial charge in [-0.15, -0.1) is 0 Å². The van der Waals surface area contributed by atoms with Gasteiger partial charge in [-0.25, -0.2) is 0 Å². The van der Waals surface area contributed by atoms with E-state index in [0.29, 0.717) is 6.04 Å². The van der Waals surface area contributed by atoms with Crippen molar-refractivity contribution in [2.75, 3.05) is 25.5 Å². The maximum atomic E-state index is 12.5. The van der Waals surface area contributed by atoms with Crippen molar-refractivity contribution in [1.29, 1.82) is 0 Å². The van der Waals surface area contributed by atoms with E-state index in [1.165, 1.54) is 6.42 Å². The summed E-state index contributed by atoms with van der Waals surface area (Å²) in [6, 6.07) is 6.55. The molecule has 1 aliphatic rings. The number of carbonyl (C=O) groups excluding carboxylic acids is 1. The van der Waals surface area contributed by atoms with Gasteiger partial charge < -0.3 is 10.6 Å². The molecule has 116 valence electrons. The van der Waals surface area contributed by atoms with Crippen molar-refractivity contribution >= 4 is 11.6 Å². The van der Waals surface area contributed by atoms with Gasteiger partial charge in [0.25, 0.3) is 0 Å². The second-order valence-electron chi connectivity index (χ2n) is 6.11. The zero-order chi connectivity index (χ0) is 15.4. The van der Waals surface area contributed by atoms with Crippen LogP contribution >= 0.6 is 0 Å². The van der Waals surface area contributed by atoms with E-state index in [2.05, 4.69) is 21.6 Å². The van der Waals surface area contributed by atoms with Gasteiger partial charge in [0.15, 0.2) is 0 Å². The summed E-state index contributed by atoms with van der Waals surface area (Å²) in [7, 11) is 2.00. The van der Waals surface area contributed by atoms with Crippen molar-refractivity contribution in [2.24, 2.45) is 0 Å². The molecule has 1 aromatic carbocycles. The van der Waals surface area contributed by atoms with Gasteiger partial charge in [0.05, 0.1) is 6.04 Å². The Labute approximate surface area is 127 Å². The number of nitrogens with one attached hydrogen (secondary N) is 2. The van der Waals surface area contributed by atoms with Gasteiger partial charge in [0.2, 0.25) is 5.91 Å². The average Bonchev–Trinajstić information content (AvgIpc) is 2.50. The molecule has 1 fully saturated rings. The fourth-order valence-electron chi connectivity index (χ4n) is 2.87. The molecule has 0 aliphatic carbocycles. The third-order valence-corrected chi connectivity index (χ3v) is 4.44. The number of likely N-dealkylation sites (N-methyl/N-ethyl adjacent to an activating group) is 1. The number of benzene rings is 1. The van der Waals surface area contributed by atoms with Gasteiger partial charge in [0, 0.05) is 18.3 Å². The van der Waals surface area contributed by atoms with Crippen LogP contribution in [0.1, 0.15) is 30.9 Å². The zero-order valence-electron chi connectivity index (χ0n) is 13.6. The van der Waals surface area contributed by atoms with Crippen LogP contribution < -0.4 is 10.6 Å². The predicted molar refractivity (Wildman–Crippen MR) is 87.7 cm³/mol.